The van der Waals surface area contributed by atoms with E-state index in [4.69, 9.17) is 23.2 Å². The molecule has 0 aliphatic rings. The number of aromatic nitrogens is 1. The van der Waals surface area contributed by atoms with E-state index in [1.165, 1.54) is 24.5 Å². The number of nitro benzene ring substituents is 1. The fraction of sp³-hybridized carbons (Fsp3) is 0. The van der Waals surface area contributed by atoms with E-state index in [-0.39, 0.29) is 10.7 Å². The number of anilines is 1. The first-order valence-electron chi connectivity index (χ1n) is 5.38. The molecule has 0 aliphatic carbocycles. The molecule has 1 aromatic heterocycles. The molecule has 7 nitrogen and oxygen atoms in total. The van der Waals surface area contributed by atoms with Gasteiger partial charge in [0.15, 0.2) is 0 Å². The first-order chi connectivity index (χ1) is 9.83. The van der Waals surface area contributed by atoms with Crippen LogP contribution in [0.15, 0.2) is 41.6 Å². The van der Waals surface area contributed by atoms with Crippen LogP contribution in [0.5, 0.6) is 0 Å². The van der Waals surface area contributed by atoms with Gasteiger partial charge in [0.2, 0.25) is 0 Å². The van der Waals surface area contributed by atoms with E-state index in [1.807, 2.05) is 0 Å². The number of nitro groups is 1. The van der Waals surface area contributed by atoms with Crippen LogP contribution in [0.3, 0.4) is 0 Å². The molecule has 0 spiro atoms. The molecule has 2 aromatic rings. The van der Waals surface area contributed by atoms with Crippen molar-refractivity contribution in [2.24, 2.45) is 0 Å². The van der Waals surface area contributed by atoms with Gasteiger partial charge in [-0.25, -0.2) is 8.42 Å². The average molecular weight is 348 g/mol. The quantitative estimate of drug-likeness (QED) is 0.676. The molecule has 10 heteroatoms. The Balaban J connectivity index is 2.55. The van der Waals surface area contributed by atoms with E-state index < -0.39 is 30.6 Å². The molecule has 21 heavy (non-hydrogen) atoms. The third kappa shape index (κ3) is 3.23. The number of hydrogen-bond donors (Lipinski definition) is 1. The summed E-state index contributed by atoms with van der Waals surface area (Å²) in [4.78, 5) is 13.2. The van der Waals surface area contributed by atoms with E-state index in [0.717, 1.165) is 12.1 Å². The Morgan fingerprint density at radius 3 is 2.33 bits per heavy atom. The topological polar surface area (TPSA) is 102 Å². The molecule has 1 N–H and O–H groups in total. The van der Waals surface area contributed by atoms with Gasteiger partial charge in [-0.2, -0.15) is 0 Å². The Kier molecular flexibility index (Phi) is 4.31. The first-order valence-corrected chi connectivity index (χ1v) is 7.62. The predicted octanol–water partition coefficient (Wildman–Crippen LogP) is 3.10. The highest BCUT2D eigenvalue weighted by Gasteiger charge is 2.28. The van der Waals surface area contributed by atoms with Crippen LogP contribution in [0.4, 0.5) is 11.4 Å². The molecule has 110 valence electrons. The Labute approximate surface area is 129 Å². The van der Waals surface area contributed by atoms with Gasteiger partial charge in [0.25, 0.3) is 15.7 Å². The van der Waals surface area contributed by atoms with Crippen molar-refractivity contribution >= 4 is 44.6 Å². The van der Waals surface area contributed by atoms with Gasteiger partial charge in [0, 0.05) is 18.5 Å². The summed E-state index contributed by atoms with van der Waals surface area (Å²) in [5.41, 5.74) is -0.320. The molecule has 0 saturated heterocycles. The van der Waals surface area contributed by atoms with Crippen molar-refractivity contribution in [2.75, 3.05) is 4.72 Å². The van der Waals surface area contributed by atoms with E-state index in [1.54, 1.807) is 0 Å². The molecule has 0 aliphatic heterocycles. The average Bonchev–Trinajstić information content (AvgIpc) is 2.38. The Hall–Kier alpha value is -1.90. The van der Waals surface area contributed by atoms with Crippen LogP contribution >= 0.6 is 23.2 Å². The van der Waals surface area contributed by atoms with Gasteiger partial charge in [-0.15, -0.1) is 0 Å². The van der Waals surface area contributed by atoms with Crippen molar-refractivity contribution in [2.45, 2.75) is 4.90 Å². The highest BCUT2D eigenvalue weighted by molar-refractivity contribution is 7.93. The second-order valence-corrected chi connectivity index (χ2v) is 6.21. The molecule has 0 unspecified atom stereocenters. The van der Waals surface area contributed by atoms with Gasteiger partial charge in [-0.05, 0) is 18.2 Å². The summed E-state index contributed by atoms with van der Waals surface area (Å²) in [5, 5.41) is 10.1. The highest BCUT2D eigenvalue weighted by atomic mass is 35.5. The third-order valence-corrected chi connectivity index (χ3v) is 4.81. The van der Waals surface area contributed by atoms with Crippen molar-refractivity contribution < 1.29 is 13.3 Å². The third-order valence-electron chi connectivity index (χ3n) is 2.43. The van der Waals surface area contributed by atoms with Gasteiger partial charge in [-0.3, -0.25) is 19.8 Å². The summed E-state index contributed by atoms with van der Waals surface area (Å²) in [7, 11) is -4.18. The summed E-state index contributed by atoms with van der Waals surface area (Å²) in [6.07, 6.45) is 2.77. The van der Waals surface area contributed by atoms with Crippen molar-refractivity contribution in [3.8, 4) is 0 Å². The number of halogens is 2. The zero-order chi connectivity index (χ0) is 15.6. The Morgan fingerprint density at radius 1 is 1.14 bits per heavy atom. The summed E-state index contributed by atoms with van der Waals surface area (Å²) >= 11 is 11.6. The van der Waals surface area contributed by atoms with Gasteiger partial charge >= 0.3 is 0 Å². The molecule has 0 radical (unpaired) electrons. The van der Waals surface area contributed by atoms with Crippen LogP contribution in [0.2, 0.25) is 10.0 Å². The largest absolute Gasteiger partial charge is 0.289 e. The van der Waals surface area contributed by atoms with E-state index in [9.17, 15) is 18.5 Å². The summed E-state index contributed by atoms with van der Waals surface area (Å²) in [6, 6.07) is 4.97. The summed E-state index contributed by atoms with van der Waals surface area (Å²) in [5.74, 6) is 0. The van der Waals surface area contributed by atoms with Crippen LogP contribution in [-0.4, -0.2) is 18.3 Å². The zero-order valence-corrected chi connectivity index (χ0v) is 12.5. The first kappa shape index (κ1) is 15.5. The maximum atomic E-state index is 12.3. The van der Waals surface area contributed by atoms with Crippen molar-refractivity contribution in [1.29, 1.82) is 0 Å². The number of nitrogens with zero attached hydrogens (tertiary/aromatic N) is 2. The summed E-state index contributed by atoms with van der Waals surface area (Å²) in [6.45, 7) is 0. The second kappa shape index (κ2) is 5.84. The Morgan fingerprint density at radius 2 is 1.76 bits per heavy atom. The molecule has 1 aromatic carbocycles. The number of benzene rings is 1. The molecular formula is C11H7Cl2N3O4S. The fourth-order valence-electron chi connectivity index (χ4n) is 1.54. The minimum Gasteiger partial charge on any atom is -0.279 e. The van der Waals surface area contributed by atoms with Gasteiger partial charge in [-0.1, -0.05) is 23.2 Å². The molecule has 0 atom stereocenters. The lowest BCUT2D eigenvalue weighted by Crippen LogP contribution is -2.14. The normalized spacial score (nSPS) is 11.1. The number of pyridine rings is 1. The number of sulfonamides is 1. The summed E-state index contributed by atoms with van der Waals surface area (Å²) < 4.78 is 26.8. The lowest BCUT2D eigenvalue weighted by atomic mass is 10.3. The molecule has 0 amide bonds. The highest BCUT2D eigenvalue weighted by Crippen LogP contribution is 2.37. The van der Waals surface area contributed by atoms with Crippen LogP contribution in [-0.2, 0) is 10.0 Å². The molecular weight excluding hydrogens is 341 g/mol. The van der Waals surface area contributed by atoms with E-state index in [0.29, 0.717) is 0 Å². The second-order valence-electron chi connectivity index (χ2n) is 3.81. The lowest BCUT2D eigenvalue weighted by Gasteiger charge is -2.10. The van der Waals surface area contributed by atoms with Crippen molar-refractivity contribution in [3.05, 3.63) is 56.8 Å². The van der Waals surface area contributed by atoms with Crippen molar-refractivity contribution in [1.82, 2.24) is 4.98 Å². The molecule has 1 heterocycles. The molecule has 0 bridgehead atoms. The monoisotopic (exact) mass is 347 g/mol. The van der Waals surface area contributed by atoms with Crippen molar-refractivity contribution in [3.63, 3.8) is 0 Å². The number of nitrogens with one attached hydrogen (secondary N) is 1. The smallest absolute Gasteiger partial charge is 0.279 e. The van der Waals surface area contributed by atoms with Gasteiger partial charge in [0.05, 0.1) is 15.6 Å². The lowest BCUT2D eigenvalue weighted by molar-refractivity contribution is -0.384. The maximum Gasteiger partial charge on any atom is 0.289 e. The molecule has 0 saturated carbocycles. The van der Waals surface area contributed by atoms with Gasteiger partial charge < -0.3 is 0 Å². The molecule has 2 rings (SSSR count). The zero-order valence-electron chi connectivity index (χ0n) is 10.2. The number of rotatable bonds is 4. The minimum absolute atomic E-state index is 0.216. The number of hydrogen-bond acceptors (Lipinski definition) is 5. The van der Waals surface area contributed by atoms with E-state index in [2.05, 4.69) is 9.71 Å². The maximum absolute atomic E-state index is 12.3. The minimum atomic E-state index is -4.18. The van der Waals surface area contributed by atoms with E-state index >= 15 is 0 Å². The predicted molar refractivity (Wildman–Crippen MR) is 78.2 cm³/mol. The molecule has 0 fully saturated rings. The van der Waals surface area contributed by atoms with Crippen LogP contribution in [0.25, 0.3) is 0 Å². The van der Waals surface area contributed by atoms with Crippen LogP contribution in [0, 0.1) is 10.1 Å². The standard InChI is InChI=1S/C11H7Cl2N3O4S/c12-8-1-2-9(16(17)18)10(13)11(8)21(19,20)15-7-3-5-14-6-4-7/h1-6H,(H,14,15). The van der Waals surface area contributed by atoms with Crippen LogP contribution < -0.4 is 4.72 Å². The SMILES string of the molecule is O=[N+]([O-])c1ccc(Cl)c(S(=O)(=O)Nc2ccncc2)c1Cl. The fourth-order valence-corrected chi connectivity index (χ4v) is 3.80. The Bertz CT molecular complexity index is 797. The van der Waals surface area contributed by atoms with Crippen LogP contribution in [0.1, 0.15) is 0 Å². The van der Waals surface area contributed by atoms with Gasteiger partial charge in [0.1, 0.15) is 9.92 Å².